The Morgan fingerprint density at radius 1 is 1.22 bits per heavy atom. The highest BCUT2D eigenvalue weighted by atomic mass is 16.6. The van der Waals surface area contributed by atoms with Crippen molar-refractivity contribution >= 4 is 23.8 Å². The minimum Gasteiger partial charge on any atom is -0.468 e. The number of hydrogen-bond donors (Lipinski definition) is 0. The lowest BCUT2D eigenvalue weighted by atomic mass is 9.91. The molecule has 0 N–H and O–H groups in total. The van der Waals surface area contributed by atoms with Crippen LogP contribution in [0.5, 0.6) is 0 Å². The number of esters is 2. The Bertz CT molecular complexity index is 715. The van der Waals surface area contributed by atoms with Crippen LogP contribution >= 0.6 is 0 Å². The first kappa shape index (κ1) is 20.2. The van der Waals surface area contributed by atoms with E-state index in [2.05, 4.69) is 6.58 Å². The second kappa shape index (κ2) is 8.98. The molecule has 2 atom stereocenters. The highest BCUT2D eigenvalue weighted by Crippen LogP contribution is 2.34. The van der Waals surface area contributed by atoms with Gasteiger partial charge in [0.25, 0.3) is 0 Å². The Morgan fingerprint density at radius 2 is 1.81 bits per heavy atom. The largest absolute Gasteiger partial charge is 0.468 e. The van der Waals surface area contributed by atoms with Crippen LogP contribution in [0.25, 0.3) is 0 Å². The number of allylic oxidation sites excluding steroid dienone is 1. The lowest BCUT2D eigenvalue weighted by molar-refractivity contribution is -0.162. The summed E-state index contributed by atoms with van der Waals surface area (Å²) < 4.78 is 14.6. The monoisotopic (exact) mass is 375 g/mol. The minimum absolute atomic E-state index is 0.0245. The summed E-state index contributed by atoms with van der Waals surface area (Å²) in [5.41, 5.74) is 0.743. The maximum absolute atomic E-state index is 12.5. The van der Waals surface area contributed by atoms with E-state index >= 15 is 0 Å². The van der Waals surface area contributed by atoms with Gasteiger partial charge in [0.1, 0.15) is 6.61 Å². The second-order valence-corrected chi connectivity index (χ2v) is 5.88. The Hall–Kier alpha value is -3.16. The average Bonchev–Trinajstić information content (AvgIpc) is 3.08. The molecule has 27 heavy (non-hydrogen) atoms. The molecular formula is C19H21NO7. The maximum Gasteiger partial charge on any atom is 0.410 e. The van der Waals surface area contributed by atoms with Crippen molar-refractivity contribution in [2.45, 2.75) is 18.5 Å². The molecule has 0 radical (unpaired) electrons. The zero-order valence-corrected chi connectivity index (χ0v) is 15.1. The van der Waals surface area contributed by atoms with Gasteiger partial charge in [-0.05, 0) is 11.6 Å². The van der Waals surface area contributed by atoms with E-state index in [0.717, 1.165) is 25.9 Å². The van der Waals surface area contributed by atoms with Crippen LogP contribution in [-0.4, -0.2) is 55.6 Å². The number of carbonyl (C=O) groups is 4. The molecule has 144 valence electrons. The predicted octanol–water partition coefficient (Wildman–Crippen LogP) is 1.66. The van der Waals surface area contributed by atoms with Gasteiger partial charge in [-0.1, -0.05) is 36.9 Å². The van der Waals surface area contributed by atoms with E-state index < -0.39 is 41.8 Å². The van der Waals surface area contributed by atoms with Gasteiger partial charge in [-0.15, -0.1) is 0 Å². The van der Waals surface area contributed by atoms with Gasteiger partial charge in [0, 0.05) is 6.42 Å². The number of cyclic esters (lactones) is 1. The molecule has 0 bridgehead atoms. The van der Waals surface area contributed by atoms with Crippen molar-refractivity contribution in [3.63, 3.8) is 0 Å². The molecular weight excluding hydrogens is 354 g/mol. The first-order chi connectivity index (χ1) is 12.9. The van der Waals surface area contributed by atoms with Crippen LogP contribution in [0.4, 0.5) is 4.79 Å². The number of carbonyl (C=O) groups excluding carboxylic acids is 4. The SMILES string of the molecule is C=CC(=O)C[C@@H](C(C(=O)OC)C(=O)OC)N1C(=O)OC[C@H]1c1ccccc1. The lowest BCUT2D eigenvalue weighted by Gasteiger charge is -2.33. The number of amides is 1. The Labute approximate surface area is 156 Å². The molecule has 1 aliphatic rings. The molecule has 0 aliphatic carbocycles. The quantitative estimate of drug-likeness (QED) is 0.295. The number of ketones is 1. The fraction of sp³-hybridized carbons (Fsp3) is 0.368. The fourth-order valence-electron chi connectivity index (χ4n) is 3.06. The summed E-state index contributed by atoms with van der Waals surface area (Å²) in [6.45, 7) is 3.43. The van der Waals surface area contributed by atoms with Crippen LogP contribution in [0.1, 0.15) is 18.0 Å². The molecule has 8 heteroatoms. The van der Waals surface area contributed by atoms with Gasteiger partial charge >= 0.3 is 18.0 Å². The molecule has 0 aromatic heterocycles. The summed E-state index contributed by atoms with van der Waals surface area (Å²) in [7, 11) is 2.23. The summed E-state index contributed by atoms with van der Waals surface area (Å²) in [6, 6.07) is 7.26. The van der Waals surface area contributed by atoms with E-state index in [1.165, 1.54) is 4.90 Å². The normalized spacial score (nSPS) is 17.2. The summed E-state index contributed by atoms with van der Waals surface area (Å²) >= 11 is 0. The predicted molar refractivity (Wildman–Crippen MR) is 93.5 cm³/mol. The van der Waals surface area contributed by atoms with E-state index in [-0.39, 0.29) is 13.0 Å². The summed E-state index contributed by atoms with van der Waals surface area (Å²) in [6.07, 6.45) is 0.0254. The Balaban J connectivity index is 2.51. The molecule has 1 amide bonds. The maximum atomic E-state index is 12.5. The van der Waals surface area contributed by atoms with E-state index in [1.54, 1.807) is 24.3 Å². The highest BCUT2D eigenvalue weighted by Gasteiger charge is 2.48. The van der Waals surface area contributed by atoms with Gasteiger partial charge < -0.3 is 14.2 Å². The fourth-order valence-corrected chi connectivity index (χ4v) is 3.06. The van der Waals surface area contributed by atoms with Crippen molar-refractivity contribution in [1.29, 1.82) is 0 Å². The van der Waals surface area contributed by atoms with Gasteiger partial charge in [0.15, 0.2) is 11.7 Å². The standard InChI is InChI=1S/C19H21NO7/c1-4-13(21)10-14(16(17(22)25-2)18(23)26-3)20-15(11-27-19(20)24)12-8-6-5-7-9-12/h4-9,14-16H,1,10-11H2,2-3H3/t14-,15-/m0/s1. The minimum atomic E-state index is -1.50. The van der Waals surface area contributed by atoms with Crippen molar-refractivity contribution in [2.24, 2.45) is 5.92 Å². The number of rotatable bonds is 8. The highest BCUT2D eigenvalue weighted by molar-refractivity contribution is 5.98. The molecule has 0 saturated carbocycles. The van der Waals surface area contributed by atoms with Crippen LogP contribution in [0, 0.1) is 5.92 Å². The average molecular weight is 375 g/mol. The van der Waals surface area contributed by atoms with Crippen molar-refractivity contribution in [2.75, 3.05) is 20.8 Å². The summed E-state index contributed by atoms with van der Waals surface area (Å²) in [5.74, 6) is -3.75. The molecule has 0 unspecified atom stereocenters. The van der Waals surface area contributed by atoms with Crippen LogP contribution in [0.15, 0.2) is 43.0 Å². The molecule has 1 aliphatic heterocycles. The van der Waals surface area contributed by atoms with Crippen molar-refractivity contribution in [3.8, 4) is 0 Å². The smallest absolute Gasteiger partial charge is 0.410 e. The van der Waals surface area contributed by atoms with Crippen molar-refractivity contribution < 1.29 is 33.4 Å². The first-order valence-electron chi connectivity index (χ1n) is 8.25. The second-order valence-electron chi connectivity index (χ2n) is 5.88. The third-order valence-electron chi connectivity index (χ3n) is 4.39. The zero-order chi connectivity index (χ0) is 20.0. The molecule has 1 heterocycles. The van der Waals surface area contributed by atoms with E-state index in [4.69, 9.17) is 14.2 Å². The van der Waals surface area contributed by atoms with Crippen molar-refractivity contribution in [1.82, 2.24) is 4.90 Å². The molecule has 8 nitrogen and oxygen atoms in total. The summed E-state index contributed by atoms with van der Waals surface area (Å²) in [5, 5.41) is 0. The molecule has 1 saturated heterocycles. The van der Waals surface area contributed by atoms with Crippen LogP contribution in [0.3, 0.4) is 0 Å². The van der Waals surface area contributed by atoms with E-state index in [9.17, 15) is 19.2 Å². The van der Waals surface area contributed by atoms with Crippen molar-refractivity contribution in [3.05, 3.63) is 48.6 Å². The first-order valence-corrected chi connectivity index (χ1v) is 8.25. The molecule has 1 aromatic rings. The Kier molecular flexibility index (Phi) is 6.70. The Morgan fingerprint density at radius 3 is 2.33 bits per heavy atom. The lowest BCUT2D eigenvalue weighted by Crippen LogP contribution is -2.50. The van der Waals surface area contributed by atoms with Gasteiger partial charge in [0.05, 0.1) is 26.3 Å². The van der Waals surface area contributed by atoms with Gasteiger partial charge in [0.2, 0.25) is 0 Å². The number of methoxy groups -OCH3 is 2. The number of hydrogen-bond acceptors (Lipinski definition) is 7. The van der Waals surface area contributed by atoms with Crippen LogP contribution in [-0.2, 0) is 28.6 Å². The topological polar surface area (TPSA) is 99.2 Å². The molecule has 1 aromatic carbocycles. The number of ether oxygens (including phenoxy) is 3. The van der Waals surface area contributed by atoms with Crippen LogP contribution in [0.2, 0.25) is 0 Å². The number of benzene rings is 1. The number of nitrogens with zero attached hydrogens (tertiary/aromatic N) is 1. The van der Waals surface area contributed by atoms with Gasteiger partial charge in [-0.25, -0.2) is 4.79 Å². The zero-order valence-electron chi connectivity index (χ0n) is 15.1. The third kappa shape index (κ3) is 4.33. The third-order valence-corrected chi connectivity index (χ3v) is 4.39. The molecule has 1 fully saturated rings. The van der Waals surface area contributed by atoms with Crippen LogP contribution < -0.4 is 0 Å². The van der Waals surface area contributed by atoms with E-state index in [0.29, 0.717) is 0 Å². The molecule has 2 rings (SSSR count). The summed E-state index contributed by atoms with van der Waals surface area (Å²) in [4.78, 5) is 50.3. The van der Waals surface area contributed by atoms with Gasteiger partial charge in [-0.3, -0.25) is 19.3 Å². The molecule has 0 spiro atoms. The van der Waals surface area contributed by atoms with Gasteiger partial charge in [-0.2, -0.15) is 0 Å². The van der Waals surface area contributed by atoms with E-state index in [1.807, 2.05) is 6.07 Å².